The van der Waals surface area contributed by atoms with E-state index in [-0.39, 0.29) is 18.2 Å². The number of pyridine rings is 1. The molecular formula is C21H26N4O3. The van der Waals surface area contributed by atoms with Crippen LogP contribution in [0.3, 0.4) is 0 Å². The normalized spacial score (nSPS) is 14.5. The Morgan fingerprint density at radius 2 is 1.82 bits per heavy atom. The van der Waals surface area contributed by atoms with E-state index in [1.165, 1.54) is 0 Å². The van der Waals surface area contributed by atoms with E-state index >= 15 is 0 Å². The molecule has 1 aliphatic rings. The molecule has 0 unspecified atom stereocenters. The quantitative estimate of drug-likeness (QED) is 0.776. The van der Waals surface area contributed by atoms with Crippen molar-refractivity contribution in [2.75, 3.05) is 39.8 Å². The van der Waals surface area contributed by atoms with Gasteiger partial charge < -0.3 is 15.0 Å². The standard InChI is InChI=1S/C21H26N4O3/c1-28-19-8-7-18(22-15-19)13-21(27)25-11-9-24(10-12-25)16-20(26)23-14-17-5-3-2-4-6-17/h2-8,15H,9-14,16H2,1H3,(H,23,26). The number of carbonyl (C=O) groups is 2. The number of carbonyl (C=O) groups excluding carboxylic acids is 2. The van der Waals surface area contributed by atoms with Crippen LogP contribution in [0.15, 0.2) is 48.7 Å². The molecule has 1 N–H and O–H groups in total. The lowest BCUT2D eigenvalue weighted by Crippen LogP contribution is -2.51. The van der Waals surface area contributed by atoms with Gasteiger partial charge in [-0.2, -0.15) is 0 Å². The van der Waals surface area contributed by atoms with Gasteiger partial charge in [-0.1, -0.05) is 30.3 Å². The van der Waals surface area contributed by atoms with Crippen LogP contribution in [0.25, 0.3) is 0 Å². The van der Waals surface area contributed by atoms with Crippen molar-refractivity contribution in [2.24, 2.45) is 0 Å². The Balaban J connectivity index is 1.38. The van der Waals surface area contributed by atoms with Gasteiger partial charge in [-0.05, 0) is 17.7 Å². The molecule has 1 saturated heterocycles. The number of ether oxygens (including phenoxy) is 1. The molecule has 7 nitrogen and oxygen atoms in total. The van der Waals surface area contributed by atoms with Crippen LogP contribution in [0.5, 0.6) is 5.75 Å². The second kappa shape index (κ2) is 9.85. The molecule has 3 rings (SSSR count). The van der Waals surface area contributed by atoms with Crippen LogP contribution in [0.4, 0.5) is 0 Å². The van der Waals surface area contributed by atoms with Gasteiger partial charge >= 0.3 is 0 Å². The minimum absolute atomic E-state index is 0.00561. The van der Waals surface area contributed by atoms with Crippen molar-refractivity contribution in [2.45, 2.75) is 13.0 Å². The zero-order chi connectivity index (χ0) is 19.8. The van der Waals surface area contributed by atoms with Crippen molar-refractivity contribution < 1.29 is 14.3 Å². The highest BCUT2D eigenvalue weighted by Gasteiger charge is 2.22. The lowest BCUT2D eigenvalue weighted by atomic mass is 10.2. The van der Waals surface area contributed by atoms with E-state index in [4.69, 9.17) is 4.74 Å². The van der Waals surface area contributed by atoms with E-state index in [1.54, 1.807) is 13.3 Å². The number of hydrogen-bond acceptors (Lipinski definition) is 5. The lowest BCUT2D eigenvalue weighted by molar-refractivity contribution is -0.132. The summed E-state index contributed by atoms with van der Waals surface area (Å²) in [6.07, 6.45) is 1.90. The molecule has 148 valence electrons. The molecule has 0 aliphatic carbocycles. The van der Waals surface area contributed by atoms with Gasteiger partial charge in [0.2, 0.25) is 11.8 Å². The molecule has 0 atom stereocenters. The molecule has 1 fully saturated rings. The summed E-state index contributed by atoms with van der Waals surface area (Å²) in [5.41, 5.74) is 1.81. The number of piperazine rings is 1. The molecule has 28 heavy (non-hydrogen) atoms. The number of rotatable bonds is 7. The molecule has 2 amide bonds. The first-order chi connectivity index (χ1) is 13.6. The summed E-state index contributed by atoms with van der Waals surface area (Å²) >= 11 is 0. The molecule has 1 aromatic carbocycles. The Hall–Kier alpha value is -2.93. The monoisotopic (exact) mass is 382 g/mol. The summed E-state index contributed by atoms with van der Waals surface area (Å²) in [5.74, 6) is 0.743. The molecule has 7 heteroatoms. The van der Waals surface area contributed by atoms with E-state index in [1.807, 2.05) is 47.4 Å². The predicted molar refractivity (Wildman–Crippen MR) is 106 cm³/mol. The van der Waals surface area contributed by atoms with E-state index < -0.39 is 0 Å². The molecule has 0 radical (unpaired) electrons. The second-order valence-corrected chi connectivity index (χ2v) is 6.79. The van der Waals surface area contributed by atoms with Crippen molar-refractivity contribution in [1.29, 1.82) is 0 Å². The highest BCUT2D eigenvalue weighted by Crippen LogP contribution is 2.10. The van der Waals surface area contributed by atoms with Crippen molar-refractivity contribution in [3.8, 4) is 5.75 Å². The predicted octanol–water partition coefficient (Wildman–Crippen LogP) is 1.09. The maximum Gasteiger partial charge on any atom is 0.234 e. The highest BCUT2D eigenvalue weighted by molar-refractivity contribution is 5.79. The lowest BCUT2D eigenvalue weighted by Gasteiger charge is -2.34. The Labute approximate surface area is 165 Å². The summed E-state index contributed by atoms with van der Waals surface area (Å²) < 4.78 is 5.08. The van der Waals surface area contributed by atoms with Crippen molar-refractivity contribution in [3.05, 3.63) is 59.9 Å². The summed E-state index contributed by atoms with van der Waals surface area (Å²) in [6, 6.07) is 13.5. The summed E-state index contributed by atoms with van der Waals surface area (Å²) in [7, 11) is 1.59. The van der Waals surface area contributed by atoms with Crippen LogP contribution in [-0.4, -0.2) is 66.4 Å². The SMILES string of the molecule is COc1ccc(CC(=O)N2CCN(CC(=O)NCc3ccccc3)CC2)nc1. The Morgan fingerprint density at radius 1 is 1.07 bits per heavy atom. The number of benzene rings is 1. The molecule has 0 spiro atoms. The molecule has 0 saturated carbocycles. The summed E-state index contributed by atoms with van der Waals surface area (Å²) in [6.45, 7) is 3.53. The number of nitrogens with zero attached hydrogens (tertiary/aromatic N) is 3. The number of aromatic nitrogens is 1. The summed E-state index contributed by atoms with van der Waals surface area (Å²) in [5, 5.41) is 2.94. The summed E-state index contributed by atoms with van der Waals surface area (Å²) in [4.78, 5) is 32.8. The van der Waals surface area contributed by atoms with E-state index in [0.29, 0.717) is 45.0 Å². The number of amides is 2. The fourth-order valence-corrected chi connectivity index (χ4v) is 3.11. The van der Waals surface area contributed by atoms with Crippen LogP contribution >= 0.6 is 0 Å². The fraction of sp³-hybridized carbons (Fsp3) is 0.381. The van der Waals surface area contributed by atoms with Crippen LogP contribution in [0.1, 0.15) is 11.3 Å². The molecule has 2 aromatic rings. The second-order valence-electron chi connectivity index (χ2n) is 6.79. The minimum atomic E-state index is 0.00561. The van der Waals surface area contributed by atoms with Crippen molar-refractivity contribution in [3.63, 3.8) is 0 Å². The highest BCUT2D eigenvalue weighted by atomic mass is 16.5. The van der Waals surface area contributed by atoms with E-state index in [9.17, 15) is 9.59 Å². The minimum Gasteiger partial charge on any atom is -0.495 e. The van der Waals surface area contributed by atoms with Crippen molar-refractivity contribution >= 4 is 11.8 Å². The van der Waals surface area contributed by atoms with Gasteiger partial charge in [-0.25, -0.2) is 0 Å². The van der Waals surface area contributed by atoms with Crippen LogP contribution < -0.4 is 10.1 Å². The number of methoxy groups -OCH3 is 1. The zero-order valence-electron chi connectivity index (χ0n) is 16.1. The topological polar surface area (TPSA) is 74.8 Å². The largest absolute Gasteiger partial charge is 0.495 e. The van der Waals surface area contributed by atoms with Crippen LogP contribution in [0.2, 0.25) is 0 Å². The third kappa shape index (κ3) is 5.79. The maximum atomic E-state index is 12.5. The van der Waals surface area contributed by atoms with Gasteiger partial charge in [0.15, 0.2) is 0 Å². The van der Waals surface area contributed by atoms with E-state index in [2.05, 4.69) is 15.2 Å². The Bertz CT molecular complexity index is 772. The first-order valence-electron chi connectivity index (χ1n) is 9.43. The van der Waals surface area contributed by atoms with Crippen LogP contribution in [0, 0.1) is 0 Å². The number of hydrogen-bond donors (Lipinski definition) is 1. The van der Waals surface area contributed by atoms with Crippen molar-refractivity contribution in [1.82, 2.24) is 20.1 Å². The fourth-order valence-electron chi connectivity index (χ4n) is 3.11. The van der Waals surface area contributed by atoms with Gasteiger partial charge in [-0.15, -0.1) is 0 Å². The zero-order valence-corrected chi connectivity index (χ0v) is 16.1. The van der Waals surface area contributed by atoms with Gasteiger partial charge in [0.1, 0.15) is 5.75 Å². The Kier molecular flexibility index (Phi) is 6.97. The maximum absolute atomic E-state index is 12.5. The van der Waals surface area contributed by atoms with E-state index in [0.717, 1.165) is 11.3 Å². The third-order valence-corrected chi connectivity index (χ3v) is 4.79. The molecule has 1 aliphatic heterocycles. The third-order valence-electron chi connectivity index (χ3n) is 4.79. The molecule has 0 bridgehead atoms. The molecule has 2 heterocycles. The average molecular weight is 382 g/mol. The van der Waals surface area contributed by atoms with Gasteiger partial charge in [0, 0.05) is 38.4 Å². The Morgan fingerprint density at radius 3 is 2.46 bits per heavy atom. The average Bonchev–Trinajstić information content (AvgIpc) is 2.74. The molecule has 1 aromatic heterocycles. The smallest absolute Gasteiger partial charge is 0.234 e. The van der Waals surface area contributed by atoms with Gasteiger partial charge in [0.25, 0.3) is 0 Å². The number of nitrogens with one attached hydrogen (secondary N) is 1. The first-order valence-corrected chi connectivity index (χ1v) is 9.43. The van der Waals surface area contributed by atoms with Gasteiger partial charge in [-0.3, -0.25) is 19.5 Å². The first kappa shape index (κ1) is 19.8. The molecular weight excluding hydrogens is 356 g/mol. The van der Waals surface area contributed by atoms with Gasteiger partial charge in [0.05, 0.1) is 26.3 Å². The van der Waals surface area contributed by atoms with Crippen LogP contribution in [-0.2, 0) is 22.6 Å².